The largest absolute Gasteiger partial charge is 0.465 e. The highest BCUT2D eigenvalue weighted by Gasteiger charge is 2.19. The molecule has 130 valence electrons. The summed E-state index contributed by atoms with van der Waals surface area (Å²) in [6, 6.07) is 14.9. The highest BCUT2D eigenvalue weighted by atomic mass is 16.6. The van der Waals surface area contributed by atoms with E-state index in [-0.39, 0.29) is 11.8 Å². The van der Waals surface area contributed by atoms with Gasteiger partial charge in [-0.25, -0.2) is 14.4 Å². The number of hydrogen-bond acceptors (Lipinski definition) is 7. The van der Waals surface area contributed by atoms with Crippen molar-refractivity contribution in [1.29, 1.82) is 0 Å². The van der Waals surface area contributed by atoms with E-state index in [1.807, 2.05) is 41.0 Å². The number of aromatic nitrogens is 4. The standard InChI is InChI=1S/C18H15N5O3/c1-25-18(24)12-8-6-11(7-9-12)10-23-14-5-3-2-4-13(14)20-17(23)15-16(19)22-26-21-15/h2-9H,10H2,1H3,(H2,19,22). The van der Waals surface area contributed by atoms with Crippen molar-refractivity contribution in [2.45, 2.75) is 6.54 Å². The van der Waals surface area contributed by atoms with Crippen LogP contribution in [0.15, 0.2) is 53.2 Å². The number of hydrogen-bond donors (Lipinski definition) is 1. The topological polar surface area (TPSA) is 109 Å². The van der Waals surface area contributed by atoms with Crippen LogP contribution >= 0.6 is 0 Å². The molecule has 0 saturated carbocycles. The molecular formula is C18H15N5O3. The van der Waals surface area contributed by atoms with Crippen molar-refractivity contribution in [3.8, 4) is 11.5 Å². The Balaban J connectivity index is 1.78. The molecule has 8 heteroatoms. The van der Waals surface area contributed by atoms with Crippen LogP contribution in [0.4, 0.5) is 5.82 Å². The number of ether oxygens (including phenoxy) is 1. The van der Waals surface area contributed by atoms with E-state index in [0.717, 1.165) is 16.6 Å². The van der Waals surface area contributed by atoms with Gasteiger partial charge in [0.1, 0.15) is 0 Å². The third-order valence-electron chi connectivity index (χ3n) is 4.10. The number of benzene rings is 2. The Morgan fingerprint density at radius 1 is 1.15 bits per heavy atom. The van der Waals surface area contributed by atoms with E-state index < -0.39 is 0 Å². The van der Waals surface area contributed by atoms with Gasteiger partial charge in [-0.2, -0.15) is 0 Å². The lowest BCUT2D eigenvalue weighted by atomic mass is 10.1. The Morgan fingerprint density at radius 3 is 2.62 bits per heavy atom. The number of para-hydroxylation sites is 2. The molecule has 0 aliphatic rings. The molecule has 0 spiro atoms. The van der Waals surface area contributed by atoms with Gasteiger partial charge in [-0.15, -0.1) is 0 Å². The van der Waals surface area contributed by atoms with Crippen LogP contribution in [-0.4, -0.2) is 32.9 Å². The average molecular weight is 349 g/mol. The number of rotatable bonds is 4. The predicted molar refractivity (Wildman–Crippen MR) is 94.3 cm³/mol. The van der Waals surface area contributed by atoms with Crippen molar-refractivity contribution in [3.05, 3.63) is 59.7 Å². The number of imidazole rings is 1. The van der Waals surface area contributed by atoms with E-state index in [1.165, 1.54) is 7.11 Å². The smallest absolute Gasteiger partial charge is 0.337 e. The highest BCUT2D eigenvalue weighted by molar-refractivity contribution is 5.89. The zero-order valence-corrected chi connectivity index (χ0v) is 13.9. The molecule has 2 heterocycles. The van der Waals surface area contributed by atoms with Crippen LogP contribution in [0.3, 0.4) is 0 Å². The third kappa shape index (κ3) is 2.67. The molecule has 0 fully saturated rings. The monoisotopic (exact) mass is 349 g/mol. The molecule has 0 unspecified atom stereocenters. The fourth-order valence-corrected chi connectivity index (χ4v) is 2.81. The molecule has 0 bridgehead atoms. The van der Waals surface area contributed by atoms with Crippen LogP contribution in [0.2, 0.25) is 0 Å². The lowest BCUT2D eigenvalue weighted by Gasteiger charge is -2.09. The molecule has 2 N–H and O–H groups in total. The number of carbonyl (C=O) groups is 1. The minimum atomic E-state index is -0.369. The van der Waals surface area contributed by atoms with Crippen molar-refractivity contribution >= 4 is 22.8 Å². The molecule has 0 amide bonds. The summed E-state index contributed by atoms with van der Waals surface area (Å²) in [6.45, 7) is 0.517. The normalized spacial score (nSPS) is 11.0. The molecule has 26 heavy (non-hydrogen) atoms. The van der Waals surface area contributed by atoms with Crippen LogP contribution in [0.1, 0.15) is 15.9 Å². The van der Waals surface area contributed by atoms with Gasteiger partial charge in [0, 0.05) is 6.54 Å². The molecule has 0 radical (unpaired) electrons. The van der Waals surface area contributed by atoms with Crippen molar-refractivity contribution < 1.29 is 14.2 Å². The second-order valence-corrected chi connectivity index (χ2v) is 5.70. The summed E-state index contributed by atoms with van der Waals surface area (Å²) in [5, 5.41) is 7.52. The number of methoxy groups -OCH3 is 1. The fourth-order valence-electron chi connectivity index (χ4n) is 2.81. The van der Waals surface area contributed by atoms with Gasteiger partial charge < -0.3 is 15.0 Å². The lowest BCUT2D eigenvalue weighted by Crippen LogP contribution is -2.05. The molecule has 8 nitrogen and oxygen atoms in total. The SMILES string of the molecule is COC(=O)c1ccc(Cn2c(-c3nonc3N)nc3ccccc32)cc1. The van der Waals surface area contributed by atoms with E-state index in [4.69, 9.17) is 15.1 Å². The van der Waals surface area contributed by atoms with Gasteiger partial charge in [0.05, 0.1) is 23.7 Å². The molecule has 0 atom stereocenters. The highest BCUT2D eigenvalue weighted by Crippen LogP contribution is 2.27. The Kier molecular flexibility index (Phi) is 3.85. The van der Waals surface area contributed by atoms with Gasteiger partial charge in [0.15, 0.2) is 17.3 Å². The molecule has 0 aliphatic heterocycles. The van der Waals surface area contributed by atoms with Gasteiger partial charge in [-0.3, -0.25) is 0 Å². The predicted octanol–water partition coefficient (Wildman–Crippen LogP) is 2.50. The summed E-state index contributed by atoms with van der Waals surface area (Å²) in [5.41, 5.74) is 9.48. The summed E-state index contributed by atoms with van der Waals surface area (Å²) in [7, 11) is 1.36. The second-order valence-electron chi connectivity index (χ2n) is 5.70. The van der Waals surface area contributed by atoms with E-state index >= 15 is 0 Å². The van der Waals surface area contributed by atoms with Crippen molar-refractivity contribution in [2.24, 2.45) is 0 Å². The molecule has 0 saturated heterocycles. The first-order valence-corrected chi connectivity index (χ1v) is 7.88. The number of esters is 1. The summed E-state index contributed by atoms with van der Waals surface area (Å²) < 4.78 is 11.4. The quantitative estimate of drug-likeness (QED) is 0.564. The van der Waals surface area contributed by atoms with E-state index in [9.17, 15) is 4.79 Å². The molecule has 4 aromatic rings. The molecule has 0 aliphatic carbocycles. The van der Waals surface area contributed by atoms with Crippen LogP contribution in [0.25, 0.3) is 22.6 Å². The Bertz CT molecular complexity index is 1080. The number of fused-ring (bicyclic) bond motifs is 1. The number of nitrogen functional groups attached to an aromatic ring is 1. The van der Waals surface area contributed by atoms with Crippen LogP contribution in [-0.2, 0) is 11.3 Å². The zero-order chi connectivity index (χ0) is 18.1. The Hall–Kier alpha value is -3.68. The van der Waals surface area contributed by atoms with Gasteiger partial charge in [-0.05, 0) is 40.1 Å². The molecule has 4 rings (SSSR count). The van der Waals surface area contributed by atoms with Gasteiger partial charge in [0.2, 0.25) is 0 Å². The molecule has 2 aromatic heterocycles. The third-order valence-corrected chi connectivity index (χ3v) is 4.10. The maximum Gasteiger partial charge on any atom is 0.337 e. The first kappa shape index (κ1) is 15.8. The van der Waals surface area contributed by atoms with Crippen molar-refractivity contribution in [2.75, 3.05) is 12.8 Å². The Morgan fingerprint density at radius 2 is 1.92 bits per heavy atom. The maximum absolute atomic E-state index is 11.6. The summed E-state index contributed by atoms with van der Waals surface area (Å²) in [4.78, 5) is 16.2. The van der Waals surface area contributed by atoms with Crippen LogP contribution < -0.4 is 5.73 Å². The first-order chi connectivity index (χ1) is 12.7. The first-order valence-electron chi connectivity index (χ1n) is 7.88. The Labute approximate surface area is 148 Å². The summed E-state index contributed by atoms with van der Waals surface area (Å²) >= 11 is 0. The van der Waals surface area contributed by atoms with Crippen molar-refractivity contribution in [3.63, 3.8) is 0 Å². The number of anilines is 1. The minimum Gasteiger partial charge on any atom is -0.465 e. The summed E-state index contributed by atoms with van der Waals surface area (Å²) in [5.74, 6) is 0.386. The average Bonchev–Trinajstić information content (AvgIpc) is 3.25. The van der Waals surface area contributed by atoms with Gasteiger partial charge in [-0.1, -0.05) is 24.3 Å². The maximum atomic E-state index is 11.6. The zero-order valence-electron chi connectivity index (χ0n) is 13.9. The van der Waals surface area contributed by atoms with Crippen LogP contribution in [0, 0.1) is 0 Å². The minimum absolute atomic E-state index is 0.183. The van der Waals surface area contributed by atoms with Gasteiger partial charge >= 0.3 is 5.97 Å². The van der Waals surface area contributed by atoms with E-state index in [0.29, 0.717) is 23.6 Å². The van der Waals surface area contributed by atoms with Gasteiger partial charge in [0.25, 0.3) is 0 Å². The fraction of sp³-hybridized carbons (Fsp3) is 0.111. The molecule has 2 aromatic carbocycles. The van der Waals surface area contributed by atoms with Crippen LogP contribution in [0.5, 0.6) is 0 Å². The number of carbonyl (C=O) groups excluding carboxylic acids is 1. The van der Waals surface area contributed by atoms with E-state index in [1.54, 1.807) is 12.1 Å². The second kappa shape index (κ2) is 6.32. The summed E-state index contributed by atoms with van der Waals surface area (Å²) in [6.07, 6.45) is 0. The van der Waals surface area contributed by atoms with E-state index in [2.05, 4.69) is 15.3 Å². The van der Waals surface area contributed by atoms with Crippen molar-refractivity contribution in [1.82, 2.24) is 19.9 Å². The number of nitrogens with two attached hydrogens (primary N) is 1. The molecular weight excluding hydrogens is 334 g/mol. The lowest BCUT2D eigenvalue weighted by molar-refractivity contribution is 0.0600. The number of nitrogens with zero attached hydrogens (tertiary/aromatic N) is 4.